The smallest absolute Gasteiger partial charge is 0.329 e. The number of amides is 2. The molecule has 0 aromatic rings. The maximum absolute atomic E-state index is 12.3. The van der Waals surface area contributed by atoms with E-state index >= 15 is 0 Å². The van der Waals surface area contributed by atoms with E-state index in [1.807, 2.05) is 6.92 Å². The van der Waals surface area contributed by atoms with Gasteiger partial charge in [0.15, 0.2) is 0 Å². The molecule has 2 aliphatic rings. The Balaban J connectivity index is 2.05. The van der Waals surface area contributed by atoms with Gasteiger partial charge in [-0.3, -0.25) is 0 Å². The van der Waals surface area contributed by atoms with Crippen molar-refractivity contribution >= 4 is 12.0 Å². The van der Waals surface area contributed by atoms with Crippen LogP contribution in [0.2, 0.25) is 0 Å². The summed E-state index contributed by atoms with van der Waals surface area (Å²) in [6.07, 6.45) is 1.62. The molecule has 0 aliphatic carbocycles. The average Bonchev–Trinajstić information content (AvgIpc) is 2.69. The molecule has 6 nitrogen and oxygen atoms in total. The largest absolute Gasteiger partial charge is 0.480 e. The van der Waals surface area contributed by atoms with Gasteiger partial charge in [-0.05, 0) is 19.3 Å². The van der Waals surface area contributed by atoms with Crippen molar-refractivity contribution in [3.05, 3.63) is 0 Å². The second-order valence-electron chi connectivity index (χ2n) is 5.77. The zero-order valence-electron chi connectivity index (χ0n) is 11.5. The summed E-state index contributed by atoms with van der Waals surface area (Å²) in [5.41, 5.74) is -1.17. The lowest BCUT2D eigenvalue weighted by Gasteiger charge is -2.36. The first kappa shape index (κ1) is 14.1. The van der Waals surface area contributed by atoms with Gasteiger partial charge in [-0.15, -0.1) is 0 Å². The van der Waals surface area contributed by atoms with E-state index in [0.717, 1.165) is 6.42 Å². The number of hydrogen-bond donors (Lipinski definition) is 2. The van der Waals surface area contributed by atoms with Gasteiger partial charge in [0.2, 0.25) is 0 Å². The molecule has 0 spiro atoms. The van der Waals surface area contributed by atoms with Gasteiger partial charge in [0.05, 0.1) is 0 Å². The molecule has 108 valence electrons. The SMILES string of the molecule is CC1CC(C)N(C(=O)NC2(C(=O)O)CCOCC2)C1. The monoisotopic (exact) mass is 270 g/mol. The van der Waals surface area contributed by atoms with Crippen LogP contribution in [0.15, 0.2) is 0 Å². The van der Waals surface area contributed by atoms with Crippen LogP contribution in [-0.4, -0.2) is 53.3 Å². The number of carboxylic acid groups (broad SMARTS) is 1. The Morgan fingerprint density at radius 3 is 2.42 bits per heavy atom. The minimum absolute atomic E-state index is 0.167. The highest BCUT2D eigenvalue weighted by atomic mass is 16.5. The lowest BCUT2D eigenvalue weighted by molar-refractivity contribution is -0.148. The maximum atomic E-state index is 12.3. The van der Waals surface area contributed by atoms with Crippen molar-refractivity contribution in [1.82, 2.24) is 10.2 Å². The van der Waals surface area contributed by atoms with E-state index in [9.17, 15) is 14.7 Å². The fourth-order valence-corrected chi connectivity index (χ4v) is 2.97. The first-order valence-corrected chi connectivity index (χ1v) is 6.84. The van der Waals surface area contributed by atoms with Crippen LogP contribution in [-0.2, 0) is 9.53 Å². The Kier molecular flexibility index (Phi) is 3.99. The van der Waals surface area contributed by atoms with Gasteiger partial charge in [0.1, 0.15) is 5.54 Å². The van der Waals surface area contributed by atoms with Crippen molar-refractivity contribution in [3.63, 3.8) is 0 Å². The van der Waals surface area contributed by atoms with Crippen LogP contribution in [0.25, 0.3) is 0 Å². The highest BCUT2D eigenvalue weighted by molar-refractivity contribution is 5.86. The normalized spacial score (nSPS) is 30.1. The van der Waals surface area contributed by atoms with Gasteiger partial charge >= 0.3 is 12.0 Å². The molecular formula is C13H22N2O4. The van der Waals surface area contributed by atoms with Gasteiger partial charge in [-0.1, -0.05) is 6.92 Å². The first-order valence-electron chi connectivity index (χ1n) is 6.84. The van der Waals surface area contributed by atoms with Crippen LogP contribution >= 0.6 is 0 Å². The summed E-state index contributed by atoms with van der Waals surface area (Å²) < 4.78 is 5.19. The molecule has 2 unspecified atom stereocenters. The molecule has 0 saturated carbocycles. The molecule has 0 aromatic heterocycles. The molecular weight excluding hydrogens is 248 g/mol. The van der Waals surface area contributed by atoms with Crippen molar-refractivity contribution < 1.29 is 19.4 Å². The quantitative estimate of drug-likeness (QED) is 0.786. The Hall–Kier alpha value is -1.30. The lowest BCUT2D eigenvalue weighted by Crippen LogP contribution is -2.60. The number of hydrogen-bond acceptors (Lipinski definition) is 3. The molecule has 0 radical (unpaired) electrons. The van der Waals surface area contributed by atoms with E-state index in [-0.39, 0.29) is 12.1 Å². The van der Waals surface area contributed by atoms with E-state index in [1.54, 1.807) is 4.90 Å². The number of carboxylic acids is 1. The van der Waals surface area contributed by atoms with Crippen molar-refractivity contribution in [2.45, 2.75) is 44.7 Å². The summed E-state index contributed by atoms with van der Waals surface area (Å²) in [6, 6.07) is -0.0955. The van der Waals surface area contributed by atoms with Gasteiger partial charge < -0.3 is 20.1 Å². The summed E-state index contributed by atoms with van der Waals surface area (Å²) >= 11 is 0. The molecule has 2 amide bonds. The van der Waals surface area contributed by atoms with E-state index in [1.165, 1.54) is 0 Å². The molecule has 2 aliphatic heterocycles. The Labute approximate surface area is 113 Å². The van der Waals surface area contributed by atoms with Crippen LogP contribution < -0.4 is 5.32 Å². The van der Waals surface area contributed by atoms with Crippen molar-refractivity contribution in [2.24, 2.45) is 5.92 Å². The predicted molar refractivity (Wildman–Crippen MR) is 68.9 cm³/mol. The third-order valence-electron chi connectivity index (χ3n) is 4.15. The number of carbonyl (C=O) groups is 2. The summed E-state index contributed by atoms with van der Waals surface area (Å²) in [7, 11) is 0. The third-order valence-corrected chi connectivity index (χ3v) is 4.15. The van der Waals surface area contributed by atoms with E-state index in [4.69, 9.17) is 4.74 Å². The summed E-state index contributed by atoms with van der Waals surface area (Å²) in [5, 5.41) is 12.1. The molecule has 2 rings (SSSR count). The maximum Gasteiger partial charge on any atom is 0.329 e. The van der Waals surface area contributed by atoms with Gasteiger partial charge in [-0.25, -0.2) is 9.59 Å². The van der Waals surface area contributed by atoms with Crippen molar-refractivity contribution in [2.75, 3.05) is 19.8 Å². The molecule has 2 saturated heterocycles. The van der Waals surface area contributed by atoms with Crippen LogP contribution in [0, 0.1) is 5.92 Å². The fraction of sp³-hybridized carbons (Fsp3) is 0.846. The molecule has 2 heterocycles. The molecule has 0 bridgehead atoms. The molecule has 2 fully saturated rings. The van der Waals surface area contributed by atoms with Crippen LogP contribution in [0.1, 0.15) is 33.1 Å². The summed E-state index contributed by atoms with van der Waals surface area (Å²) in [5.74, 6) is -0.500. The number of carbonyl (C=O) groups excluding carboxylic acids is 1. The minimum Gasteiger partial charge on any atom is -0.480 e. The van der Waals surface area contributed by atoms with Gasteiger partial charge in [-0.2, -0.15) is 0 Å². The minimum atomic E-state index is -1.17. The first-order chi connectivity index (χ1) is 8.94. The van der Waals surface area contributed by atoms with Gasteiger partial charge in [0.25, 0.3) is 0 Å². The standard InChI is InChI=1S/C13H22N2O4/c1-9-7-10(2)15(8-9)12(18)14-13(11(16)17)3-5-19-6-4-13/h9-10H,3-8H2,1-2H3,(H,14,18)(H,16,17). The number of aliphatic carboxylic acids is 1. The lowest BCUT2D eigenvalue weighted by atomic mass is 9.90. The number of ether oxygens (including phenoxy) is 1. The summed E-state index contributed by atoms with van der Waals surface area (Å²) in [4.78, 5) is 25.5. The number of likely N-dealkylation sites (tertiary alicyclic amines) is 1. The van der Waals surface area contributed by atoms with Crippen LogP contribution in [0.4, 0.5) is 4.79 Å². The topological polar surface area (TPSA) is 78.9 Å². The summed E-state index contributed by atoms with van der Waals surface area (Å²) in [6.45, 7) is 5.54. The number of nitrogens with zero attached hydrogens (tertiary/aromatic N) is 1. The number of nitrogens with one attached hydrogen (secondary N) is 1. The Bertz CT molecular complexity index is 366. The molecule has 19 heavy (non-hydrogen) atoms. The highest BCUT2D eigenvalue weighted by Crippen LogP contribution is 2.25. The zero-order chi connectivity index (χ0) is 14.0. The number of rotatable bonds is 2. The molecule has 0 aromatic carbocycles. The fourth-order valence-electron chi connectivity index (χ4n) is 2.97. The number of urea groups is 1. The molecule has 2 atom stereocenters. The average molecular weight is 270 g/mol. The van der Waals surface area contributed by atoms with Crippen molar-refractivity contribution in [1.29, 1.82) is 0 Å². The second kappa shape index (κ2) is 5.36. The molecule has 2 N–H and O–H groups in total. The van der Waals surface area contributed by atoms with E-state index < -0.39 is 11.5 Å². The van der Waals surface area contributed by atoms with Crippen LogP contribution in [0.5, 0.6) is 0 Å². The highest BCUT2D eigenvalue weighted by Gasteiger charge is 2.43. The second-order valence-corrected chi connectivity index (χ2v) is 5.77. The van der Waals surface area contributed by atoms with E-state index in [0.29, 0.717) is 38.5 Å². The van der Waals surface area contributed by atoms with Crippen LogP contribution in [0.3, 0.4) is 0 Å². The zero-order valence-corrected chi connectivity index (χ0v) is 11.5. The van der Waals surface area contributed by atoms with Gasteiger partial charge in [0, 0.05) is 38.6 Å². The Morgan fingerprint density at radius 1 is 1.32 bits per heavy atom. The third kappa shape index (κ3) is 2.83. The van der Waals surface area contributed by atoms with E-state index in [2.05, 4.69) is 12.2 Å². The predicted octanol–water partition coefficient (Wildman–Crippen LogP) is 1.06. The Morgan fingerprint density at radius 2 is 1.95 bits per heavy atom. The van der Waals surface area contributed by atoms with Crippen molar-refractivity contribution in [3.8, 4) is 0 Å². The molecule has 6 heteroatoms.